The zero-order chi connectivity index (χ0) is 15.9. The van der Waals surface area contributed by atoms with Crippen LogP contribution in [0.2, 0.25) is 0 Å². The average molecular weight is 320 g/mol. The summed E-state index contributed by atoms with van der Waals surface area (Å²) in [5, 5.41) is 3.63. The van der Waals surface area contributed by atoms with Crippen molar-refractivity contribution in [2.75, 3.05) is 46.2 Å². The van der Waals surface area contributed by atoms with E-state index in [1.54, 1.807) is 0 Å². The Bertz CT molecular complexity index is 489. The van der Waals surface area contributed by atoms with E-state index in [1.807, 2.05) is 6.07 Å². The molecule has 2 aliphatic rings. The maximum Gasteiger partial charge on any atom is 0.231 e. The molecule has 2 heterocycles. The molecule has 3 rings (SSSR count). The fraction of sp³-hybridized carbons (Fsp3) is 0.667. The van der Waals surface area contributed by atoms with Crippen LogP contribution >= 0.6 is 0 Å². The van der Waals surface area contributed by atoms with E-state index in [-0.39, 0.29) is 0 Å². The van der Waals surface area contributed by atoms with Crippen LogP contribution < -0.4 is 14.8 Å². The van der Waals surface area contributed by atoms with Crippen LogP contribution in [0.25, 0.3) is 0 Å². The number of hydrogen-bond donors (Lipinski definition) is 1. The number of ether oxygens (including phenoxy) is 3. The summed E-state index contributed by atoms with van der Waals surface area (Å²) in [4.78, 5) is 2.49. The highest BCUT2D eigenvalue weighted by molar-refractivity contribution is 5.44. The first kappa shape index (κ1) is 16.6. The first-order chi connectivity index (χ1) is 11.3. The van der Waals surface area contributed by atoms with Crippen molar-refractivity contribution in [3.8, 4) is 11.5 Å². The lowest BCUT2D eigenvalue weighted by Crippen LogP contribution is -2.38. The van der Waals surface area contributed by atoms with Crippen LogP contribution in [0.3, 0.4) is 0 Å². The van der Waals surface area contributed by atoms with Crippen molar-refractivity contribution in [2.24, 2.45) is 0 Å². The summed E-state index contributed by atoms with van der Waals surface area (Å²) >= 11 is 0. The molecule has 0 aromatic heterocycles. The Balaban J connectivity index is 1.29. The molecule has 0 amide bonds. The van der Waals surface area contributed by atoms with Crippen LogP contribution in [-0.4, -0.2) is 57.1 Å². The van der Waals surface area contributed by atoms with Crippen LogP contribution in [0, 0.1) is 0 Å². The highest BCUT2D eigenvalue weighted by atomic mass is 16.7. The molecule has 1 aromatic rings. The second kappa shape index (κ2) is 8.52. The summed E-state index contributed by atoms with van der Waals surface area (Å²) in [5.41, 5.74) is 1.32. The van der Waals surface area contributed by atoms with Crippen LogP contribution in [0.1, 0.15) is 25.3 Å². The summed E-state index contributed by atoms with van der Waals surface area (Å²) in [7, 11) is 0. The van der Waals surface area contributed by atoms with Crippen molar-refractivity contribution >= 4 is 0 Å². The van der Waals surface area contributed by atoms with Crippen LogP contribution in [0.4, 0.5) is 0 Å². The van der Waals surface area contributed by atoms with Gasteiger partial charge in [0.1, 0.15) is 0 Å². The van der Waals surface area contributed by atoms with Crippen LogP contribution in [0.5, 0.6) is 11.5 Å². The van der Waals surface area contributed by atoms with Gasteiger partial charge >= 0.3 is 0 Å². The Labute approximate surface area is 138 Å². The smallest absolute Gasteiger partial charge is 0.231 e. The number of morpholine rings is 1. The number of nitrogens with zero attached hydrogens (tertiary/aromatic N) is 1. The van der Waals surface area contributed by atoms with Crippen molar-refractivity contribution in [2.45, 2.75) is 32.2 Å². The van der Waals surface area contributed by atoms with E-state index < -0.39 is 0 Å². The zero-order valence-electron chi connectivity index (χ0n) is 14.1. The minimum atomic E-state index is 0.347. The summed E-state index contributed by atoms with van der Waals surface area (Å²) in [5.74, 6) is 1.75. The minimum Gasteiger partial charge on any atom is -0.454 e. The minimum absolute atomic E-state index is 0.347. The Kier molecular flexibility index (Phi) is 6.13. The van der Waals surface area contributed by atoms with Crippen molar-refractivity contribution in [3.05, 3.63) is 23.8 Å². The second-order valence-electron chi connectivity index (χ2n) is 6.39. The molecular weight excluding hydrogens is 292 g/mol. The van der Waals surface area contributed by atoms with Gasteiger partial charge in [-0.2, -0.15) is 0 Å². The molecular formula is C18H28N2O3. The highest BCUT2D eigenvalue weighted by Gasteiger charge is 2.13. The third-order valence-electron chi connectivity index (χ3n) is 4.55. The lowest BCUT2D eigenvalue weighted by molar-refractivity contribution is 0.0374. The zero-order valence-corrected chi connectivity index (χ0v) is 14.1. The monoisotopic (exact) mass is 320 g/mol. The third-order valence-corrected chi connectivity index (χ3v) is 4.55. The molecule has 0 saturated carbocycles. The Morgan fingerprint density at radius 3 is 2.87 bits per heavy atom. The SMILES string of the molecule is CC(CCc1ccc2c(c1)OCO2)NCCCN1CCOCC1. The molecule has 2 aliphatic heterocycles. The maximum absolute atomic E-state index is 5.43. The lowest BCUT2D eigenvalue weighted by atomic mass is 10.1. The molecule has 1 aromatic carbocycles. The van der Waals surface area contributed by atoms with Gasteiger partial charge in [-0.15, -0.1) is 0 Å². The van der Waals surface area contributed by atoms with Crippen LogP contribution in [-0.2, 0) is 11.2 Å². The Morgan fingerprint density at radius 2 is 2.00 bits per heavy atom. The molecule has 128 valence electrons. The summed E-state index contributed by atoms with van der Waals surface area (Å²) in [6.45, 7) is 8.81. The molecule has 5 heteroatoms. The van der Waals surface area contributed by atoms with Gasteiger partial charge in [-0.3, -0.25) is 4.90 Å². The first-order valence-corrected chi connectivity index (χ1v) is 8.73. The van der Waals surface area contributed by atoms with E-state index in [0.29, 0.717) is 12.8 Å². The third kappa shape index (κ3) is 5.09. The van der Waals surface area contributed by atoms with E-state index in [2.05, 4.69) is 29.3 Å². The van der Waals surface area contributed by atoms with Gasteiger partial charge in [0.2, 0.25) is 6.79 Å². The van der Waals surface area contributed by atoms with E-state index in [4.69, 9.17) is 14.2 Å². The predicted octanol–water partition coefficient (Wildman–Crippen LogP) is 2.05. The predicted molar refractivity (Wildman–Crippen MR) is 90.2 cm³/mol. The molecule has 1 saturated heterocycles. The summed E-state index contributed by atoms with van der Waals surface area (Å²) in [6.07, 6.45) is 3.40. The molecule has 0 aliphatic carbocycles. The number of hydrogen-bond acceptors (Lipinski definition) is 5. The molecule has 23 heavy (non-hydrogen) atoms. The molecule has 1 fully saturated rings. The summed E-state index contributed by atoms with van der Waals surface area (Å²) in [6, 6.07) is 6.79. The average Bonchev–Trinajstić information content (AvgIpc) is 3.05. The fourth-order valence-corrected chi connectivity index (χ4v) is 3.06. The van der Waals surface area contributed by atoms with Gasteiger partial charge in [0.05, 0.1) is 13.2 Å². The topological polar surface area (TPSA) is 43.0 Å². The maximum atomic E-state index is 5.43. The van der Waals surface area contributed by atoms with Gasteiger partial charge in [0.25, 0.3) is 0 Å². The van der Waals surface area contributed by atoms with Gasteiger partial charge in [-0.25, -0.2) is 0 Å². The van der Waals surface area contributed by atoms with Gasteiger partial charge in [0, 0.05) is 19.1 Å². The van der Waals surface area contributed by atoms with E-state index in [9.17, 15) is 0 Å². The second-order valence-corrected chi connectivity index (χ2v) is 6.39. The standard InChI is InChI=1S/C18H28N2O3/c1-15(19-7-2-8-20-9-11-21-12-10-20)3-4-16-5-6-17-18(13-16)23-14-22-17/h5-6,13,15,19H,2-4,7-12,14H2,1H3. The molecule has 0 bridgehead atoms. The largest absolute Gasteiger partial charge is 0.454 e. The van der Waals surface area contributed by atoms with E-state index in [0.717, 1.165) is 57.2 Å². The summed E-state index contributed by atoms with van der Waals surface area (Å²) < 4.78 is 16.2. The van der Waals surface area contributed by atoms with Gasteiger partial charge in [-0.1, -0.05) is 6.07 Å². The fourth-order valence-electron chi connectivity index (χ4n) is 3.06. The number of nitrogens with one attached hydrogen (secondary N) is 1. The first-order valence-electron chi connectivity index (χ1n) is 8.73. The molecule has 1 unspecified atom stereocenters. The number of fused-ring (bicyclic) bond motifs is 1. The number of benzene rings is 1. The highest BCUT2D eigenvalue weighted by Crippen LogP contribution is 2.32. The van der Waals surface area contributed by atoms with Crippen molar-refractivity contribution in [1.29, 1.82) is 0 Å². The van der Waals surface area contributed by atoms with Crippen molar-refractivity contribution in [3.63, 3.8) is 0 Å². The molecule has 1 atom stereocenters. The van der Waals surface area contributed by atoms with E-state index in [1.165, 1.54) is 18.5 Å². The van der Waals surface area contributed by atoms with Gasteiger partial charge in [0.15, 0.2) is 11.5 Å². The Morgan fingerprint density at radius 1 is 1.17 bits per heavy atom. The molecule has 1 N–H and O–H groups in total. The van der Waals surface area contributed by atoms with Crippen molar-refractivity contribution < 1.29 is 14.2 Å². The van der Waals surface area contributed by atoms with E-state index >= 15 is 0 Å². The van der Waals surface area contributed by atoms with Crippen LogP contribution in [0.15, 0.2) is 18.2 Å². The molecule has 0 spiro atoms. The number of rotatable bonds is 8. The number of aryl methyl sites for hydroxylation is 1. The lowest BCUT2D eigenvalue weighted by Gasteiger charge is -2.26. The quantitative estimate of drug-likeness (QED) is 0.743. The van der Waals surface area contributed by atoms with Gasteiger partial charge in [-0.05, 0) is 57.0 Å². The van der Waals surface area contributed by atoms with Crippen molar-refractivity contribution in [1.82, 2.24) is 10.2 Å². The molecule has 0 radical (unpaired) electrons. The normalized spacial score (nSPS) is 19.0. The molecule has 5 nitrogen and oxygen atoms in total. The van der Waals surface area contributed by atoms with Gasteiger partial charge < -0.3 is 19.5 Å². The Hall–Kier alpha value is -1.30.